The van der Waals surface area contributed by atoms with Crippen LogP contribution in [0.4, 0.5) is 11.4 Å². The molecule has 106 valence electrons. The molecule has 1 aliphatic heterocycles. The standard InChI is InChI=1S/C16H14N2O3/c1-4-13(19)16-17(14(20)5-2)11-9-7-8-10-12(11)18(16)15(21)6-3/h4-10,16H,1-3H2. The minimum absolute atomic E-state index is 0.461. The lowest BCUT2D eigenvalue weighted by Gasteiger charge is -2.27. The van der Waals surface area contributed by atoms with Crippen LogP contribution in [-0.2, 0) is 14.4 Å². The fourth-order valence-electron chi connectivity index (χ4n) is 2.29. The molecule has 0 atom stereocenters. The summed E-state index contributed by atoms with van der Waals surface area (Å²) in [6.45, 7) is 10.3. The van der Waals surface area contributed by atoms with E-state index in [1.807, 2.05) is 0 Å². The van der Waals surface area contributed by atoms with Gasteiger partial charge in [-0.3, -0.25) is 24.2 Å². The molecule has 1 aromatic rings. The smallest absolute Gasteiger partial charge is 0.252 e. The van der Waals surface area contributed by atoms with Gasteiger partial charge in [0, 0.05) is 0 Å². The summed E-state index contributed by atoms with van der Waals surface area (Å²) in [4.78, 5) is 38.9. The minimum atomic E-state index is -1.10. The number of para-hydroxylation sites is 2. The number of nitrogens with zero attached hydrogens (tertiary/aromatic N) is 2. The Morgan fingerprint density at radius 3 is 1.62 bits per heavy atom. The van der Waals surface area contributed by atoms with Crippen LogP contribution in [0.15, 0.2) is 62.2 Å². The topological polar surface area (TPSA) is 57.7 Å². The molecule has 0 saturated heterocycles. The summed E-state index contributed by atoms with van der Waals surface area (Å²) in [7, 11) is 0. The predicted molar refractivity (Wildman–Crippen MR) is 80.8 cm³/mol. The molecule has 1 aliphatic rings. The summed E-state index contributed by atoms with van der Waals surface area (Å²) >= 11 is 0. The highest BCUT2D eigenvalue weighted by Crippen LogP contribution is 2.40. The number of carbonyl (C=O) groups is 3. The quantitative estimate of drug-likeness (QED) is 0.791. The molecule has 1 aromatic carbocycles. The van der Waals surface area contributed by atoms with Crippen LogP contribution in [-0.4, -0.2) is 23.8 Å². The van der Waals surface area contributed by atoms with Crippen molar-refractivity contribution < 1.29 is 14.4 Å². The van der Waals surface area contributed by atoms with Crippen molar-refractivity contribution in [3.05, 3.63) is 62.2 Å². The number of anilines is 2. The van der Waals surface area contributed by atoms with E-state index in [1.54, 1.807) is 24.3 Å². The molecule has 1 heterocycles. The van der Waals surface area contributed by atoms with E-state index in [1.165, 1.54) is 9.80 Å². The molecule has 0 N–H and O–H groups in total. The highest BCUT2D eigenvalue weighted by molar-refractivity contribution is 6.20. The number of carbonyl (C=O) groups excluding carboxylic acids is 3. The summed E-state index contributed by atoms with van der Waals surface area (Å²) in [5.74, 6) is -1.40. The van der Waals surface area contributed by atoms with Gasteiger partial charge in [0.15, 0.2) is 11.9 Å². The Hall–Kier alpha value is -2.95. The first kappa shape index (κ1) is 14.5. The molecule has 2 amide bonds. The van der Waals surface area contributed by atoms with Crippen molar-refractivity contribution in [2.24, 2.45) is 0 Å². The van der Waals surface area contributed by atoms with E-state index in [0.717, 1.165) is 18.2 Å². The summed E-state index contributed by atoms with van der Waals surface area (Å²) in [6, 6.07) is 6.77. The summed E-state index contributed by atoms with van der Waals surface area (Å²) in [6.07, 6.45) is 2.18. The number of ketones is 1. The Kier molecular flexibility index (Phi) is 3.84. The number of hydrogen-bond donors (Lipinski definition) is 0. The monoisotopic (exact) mass is 282 g/mol. The average Bonchev–Trinajstić information content (AvgIpc) is 2.87. The van der Waals surface area contributed by atoms with E-state index >= 15 is 0 Å². The Labute approximate surface area is 122 Å². The molecule has 0 spiro atoms. The van der Waals surface area contributed by atoms with Crippen LogP contribution in [0.25, 0.3) is 0 Å². The fourth-order valence-corrected chi connectivity index (χ4v) is 2.29. The molecule has 0 aliphatic carbocycles. The lowest BCUT2D eigenvalue weighted by Crippen LogP contribution is -2.52. The van der Waals surface area contributed by atoms with Crippen LogP contribution in [0, 0.1) is 0 Å². The Balaban J connectivity index is 2.68. The van der Waals surface area contributed by atoms with Gasteiger partial charge in [0.2, 0.25) is 0 Å². The lowest BCUT2D eigenvalue weighted by molar-refractivity contribution is -0.122. The molecule has 0 radical (unpaired) electrons. The third-order valence-electron chi connectivity index (χ3n) is 3.17. The third kappa shape index (κ3) is 2.18. The molecule has 21 heavy (non-hydrogen) atoms. The number of hydrogen-bond acceptors (Lipinski definition) is 3. The normalized spacial score (nSPS) is 13.5. The first-order valence-corrected chi connectivity index (χ1v) is 6.23. The van der Waals surface area contributed by atoms with E-state index in [0.29, 0.717) is 11.4 Å². The zero-order chi connectivity index (χ0) is 15.6. The van der Waals surface area contributed by atoms with Crippen LogP contribution >= 0.6 is 0 Å². The largest absolute Gasteiger partial charge is 0.290 e. The van der Waals surface area contributed by atoms with Crippen LogP contribution in [0.3, 0.4) is 0 Å². The van der Waals surface area contributed by atoms with E-state index in [4.69, 9.17) is 0 Å². The SMILES string of the molecule is C=CC(=O)C1N(C(=O)C=C)c2ccccc2N1C(=O)C=C. The zero-order valence-corrected chi connectivity index (χ0v) is 11.4. The van der Waals surface area contributed by atoms with E-state index in [2.05, 4.69) is 19.7 Å². The Bertz CT molecular complexity index is 616. The summed E-state index contributed by atoms with van der Waals surface area (Å²) in [5.41, 5.74) is 0.940. The molecule has 5 heteroatoms. The molecular weight excluding hydrogens is 268 g/mol. The zero-order valence-electron chi connectivity index (χ0n) is 11.4. The van der Waals surface area contributed by atoms with Gasteiger partial charge in [0.25, 0.3) is 11.8 Å². The first-order valence-electron chi connectivity index (χ1n) is 6.23. The van der Waals surface area contributed by atoms with E-state index < -0.39 is 23.8 Å². The maximum atomic E-state index is 12.2. The molecule has 5 nitrogen and oxygen atoms in total. The minimum Gasteiger partial charge on any atom is -0.290 e. The second-order valence-electron chi connectivity index (χ2n) is 4.29. The van der Waals surface area contributed by atoms with E-state index in [-0.39, 0.29) is 0 Å². The summed E-state index contributed by atoms with van der Waals surface area (Å²) in [5, 5.41) is 0. The Morgan fingerprint density at radius 2 is 1.29 bits per heavy atom. The van der Waals surface area contributed by atoms with Gasteiger partial charge in [-0.15, -0.1) is 0 Å². The van der Waals surface area contributed by atoms with Gasteiger partial charge in [-0.2, -0.15) is 0 Å². The van der Waals surface area contributed by atoms with Crippen molar-refractivity contribution in [3.8, 4) is 0 Å². The number of rotatable bonds is 4. The van der Waals surface area contributed by atoms with E-state index in [9.17, 15) is 14.4 Å². The van der Waals surface area contributed by atoms with Crippen molar-refractivity contribution >= 4 is 29.0 Å². The molecule has 0 fully saturated rings. The Morgan fingerprint density at radius 1 is 0.857 bits per heavy atom. The molecule has 0 bridgehead atoms. The van der Waals surface area contributed by atoms with Crippen LogP contribution < -0.4 is 9.80 Å². The van der Waals surface area contributed by atoms with Gasteiger partial charge >= 0.3 is 0 Å². The fraction of sp³-hybridized carbons (Fsp3) is 0.0625. The van der Waals surface area contributed by atoms with Gasteiger partial charge in [-0.1, -0.05) is 31.9 Å². The number of amides is 2. The number of benzene rings is 1. The average molecular weight is 282 g/mol. The van der Waals surface area contributed by atoms with Gasteiger partial charge in [-0.05, 0) is 30.4 Å². The highest BCUT2D eigenvalue weighted by atomic mass is 16.2. The maximum Gasteiger partial charge on any atom is 0.252 e. The molecule has 2 rings (SSSR count). The van der Waals surface area contributed by atoms with Crippen LogP contribution in [0.2, 0.25) is 0 Å². The van der Waals surface area contributed by atoms with Crippen molar-refractivity contribution in [1.29, 1.82) is 0 Å². The second kappa shape index (κ2) is 5.58. The van der Waals surface area contributed by atoms with Crippen LogP contribution in [0.1, 0.15) is 0 Å². The van der Waals surface area contributed by atoms with Crippen LogP contribution in [0.5, 0.6) is 0 Å². The van der Waals surface area contributed by atoms with Gasteiger partial charge in [0.05, 0.1) is 11.4 Å². The second-order valence-corrected chi connectivity index (χ2v) is 4.29. The number of fused-ring (bicyclic) bond motifs is 1. The summed E-state index contributed by atoms with van der Waals surface area (Å²) < 4.78 is 0. The van der Waals surface area contributed by atoms with Crippen molar-refractivity contribution in [1.82, 2.24) is 0 Å². The van der Waals surface area contributed by atoms with Gasteiger partial charge in [0.1, 0.15) is 0 Å². The highest BCUT2D eigenvalue weighted by Gasteiger charge is 2.44. The van der Waals surface area contributed by atoms with Crippen molar-refractivity contribution in [2.75, 3.05) is 9.80 Å². The van der Waals surface area contributed by atoms with Crippen molar-refractivity contribution in [2.45, 2.75) is 6.17 Å². The molecule has 0 unspecified atom stereocenters. The predicted octanol–water partition coefficient (Wildman–Crippen LogP) is 1.82. The van der Waals surface area contributed by atoms with Gasteiger partial charge < -0.3 is 0 Å². The maximum absolute atomic E-state index is 12.2. The van der Waals surface area contributed by atoms with Crippen molar-refractivity contribution in [3.63, 3.8) is 0 Å². The molecule has 0 aromatic heterocycles. The van der Waals surface area contributed by atoms with Gasteiger partial charge in [-0.25, -0.2) is 0 Å². The lowest BCUT2D eigenvalue weighted by atomic mass is 10.2. The third-order valence-corrected chi connectivity index (χ3v) is 3.17. The molecular formula is C16H14N2O3. The molecule has 0 saturated carbocycles. The first-order chi connectivity index (χ1) is 10.1.